The van der Waals surface area contributed by atoms with E-state index in [0.717, 1.165) is 12.8 Å². The molecule has 0 spiro atoms. The molecule has 1 unspecified atom stereocenters. The van der Waals surface area contributed by atoms with Gasteiger partial charge in [0.15, 0.2) is 5.82 Å². The molecule has 0 bridgehead atoms. The molecule has 5 heteroatoms. The zero-order chi connectivity index (χ0) is 12.4. The Morgan fingerprint density at radius 2 is 2.44 bits per heavy atom. The number of fused-ring (bicyclic) bond motifs is 1. The van der Waals surface area contributed by atoms with E-state index in [2.05, 4.69) is 26.5 Å². The minimum Gasteiger partial charge on any atom is -0.338 e. The number of hydrogen-bond acceptors (Lipinski definition) is 5. The van der Waals surface area contributed by atoms with Crippen LogP contribution in [0.5, 0.6) is 0 Å². The fourth-order valence-electron chi connectivity index (χ4n) is 2.43. The molecule has 0 amide bonds. The van der Waals surface area contributed by atoms with Crippen LogP contribution in [0, 0.1) is 6.92 Å². The summed E-state index contributed by atoms with van der Waals surface area (Å²) in [5.41, 5.74) is 2.52. The van der Waals surface area contributed by atoms with Crippen molar-refractivity contribution in [3.63, 3.8) is 0 Å². The molecule has 0 saturated heterocycles. The van der Waals surface area contributed by atoms with Gasteiger partial charge in [0.2, 0.25) is 5.89 Å². The number of nitrogens with zero attached hydrogens (tertiary/aromatic N) is 3. The molecule has 0 radical (unpaired) electrons. The van der Waals surface area contributed by atoms with Gasteiger partial charge >= 0.3 is 0 Å². The molecule has 5 nitrogen and oxygen atoms in total. The van der Waals surface area contributed by atoms with Crippen LogP contribution < -0.4 is 5.32 Å². The first kappa shape index (κ1) is 11.3. The Balaban J connectivity index is 1.71. The van der Waals surface area contributed by atoms with E-state index in [-0.39, 0.29) is 0 Å². The van der Waals surface area contributed by atoms with Gasteiger partial charge in [-0.05, 0) is 37.8 Å². The van der Waals surface area contributed by atoms with Crippen molar-refractivity contribution in [2.75, 3.05) is 0 Å². The van der Waals surface area contributed by atoms with Gasteiger partial charge in [-0.1, -0.05) is 11.2 Å². The molecular formula is C13H16N4O. The first-order chi connectivity index (χ1) is 8.83. The lowest BCUT2D eigenvalue weighted by Gasteiger charge is -2.24. The molecular weight excluding hydrogens is 228 g/mol. The van der Waals surface area contributed by atoms with Crippen LogP contribution in [0.2, 0.25) is 0 Å². The maximum Gasteiger partial charge on any atom is 0.240 e. The highest BCUT2D eigenvalue weighted by Crippen LogP contribution is 2.27. The van der Waals surface area contributed by atoms with Crippen molar-refractivity contribution in [3.8, 4) is 0 Å². The zero-order valence-corrected chi connectivity index (χ0v) is 10.4. The normalized spacial score (nSPS) is 18.6. The number of pyridine rings is 1. The smallest absolute Gasteiger partial charge is 0.240 e. The van der Waals surface area contributed by atoms with Crippen molar-refractivity contribution >= 4 is 0 Å². The third kappa shape index (κ3) is 2.26. The Morgan fingerprint density at radius 1 is 1.50 bits per heavy atom. The van der Waals surface area contributed by atoms with E-state index in [4.69, 9.17) is 4.52 Å². The molecule has 2 aromatic rings. The van der Waals surface area contributed by atoms with Crippen LogP contribution in [0.1, 0.15) is 41.9 Å². The van der Waals surface area contributed by atoms with Crippen LogP contribution in [-0.4, -0.2) is 15.1 Å². The first-order valence-corrected chi connectivity index (χ1v) is 6.29. The summed E-state index contributed by atoms with van der Waals surface area (Å²) < 4.78 is 5.10. The van der Waals surface area contributed by atoms with Crippen LogP contribution in [0.25, 0.3) is 0 Å². The fraction of sp³-hybridized carbons (Fsp3) is 0.462. The molecule has 1 atom stereocenters. The predicted octanol–water partition coefficient (Wildman–Crippen LogP) is 1.94. The number of rotatable bonds is 3. The Bertz CT molecular complexity index is 537. The highest BCUT2D eigenvalue weighted by atomic mass is 16.5. The Hall–Kier alpha value is -1.75. The molecule has 1 N–H and O–H groups in total. The minimum absolute atomic E-state index is 0.294. The fourth-order valence-corrected chi connectivity index (χ4v) is 2.43. The van der Waals surface area contributed by atoms with E-state index in [9.17, 15) is 0 Å². The van der Waals surface area contributed by atoms with E-state index in [1.54, 1.807) is 0 Å². The molecule has 18 heavy (non-hydrogen) atoms. The number of aromatic nitrogens is 3. The van der Waals surface area contributed by atoms with Crippen molar-refractivity contribution in [3.05, 3.63) is 41.3 Å². The summed E-state index contributed by atoms with van der Waals surface area (Å²) in [6, 6.07) is 4.46. The largest absolute Gasteiger partial charge is 0.338 e. The van der Waals surface area contributed by atoms with Gasteiger partial charge in [-0.3, -0.25) is 4.98 Å². The maximum absolute atomic E-state index is 5.10. The van der Waals surface area contributed by atoms with Crippen LogP contribution >= 0.6 is 0 Å². The highest BCUT2D eigenvalue weighted by Gasteiger charge is 2.21. The summed E-state index contributed by atoms with van der Waals surface area (Å²) in [6.07, 6.45) is 5.28. The van der Waals surface area contributed by atoms with Gasteiger partial charge in [0.05, 0.1) is 18.3 Å². The average Bonchev–Trinajstić information content (AvgIpc) is 2.82. The average molecular weight is 244 g/mol. The third-order valence-electron chi connectivity index (χ3n) is 3.26. The third-order valence-corrected chi connectivity index (χ3v) is 3.26. The van der Waals surface area contributed by atoms with Crippen LogP contribution in [0.15, 0.2) is 22.9 Å². The van der Waals surface area contributed by atoms with E-state index >= 15 is 0 Å². The standard InChI is InChI=1S/C13H16N4O/c1-9-16-12(18-17-9)8-15-11-6-2-4-10-5-3-7-14-13(10)11/h3,5,7,11,15H,2,4,6,8H2,1H3. The molecule has 2 heterocycles. The van der Waals surface area contributed by atoms with Crippen molar-refractivity contribution in [2.24, 2.45) is 0 Å². The van der Waals surface area contributed by atoms with Crippen molar-refractivity contribution in [1.29, 1.82) is 0 Å². The lowest BCUT2D eigenvalue weighted by Crippen LogP contribution is -2.26. The van der Waals surface area contributed by atoms with Gasteiger partial charge < -0.3 is 9.84 Å². The summed E-state index contributed by atoms with van der Waals surface area (Å²) in [4.78, 5) is 8.68. The molecule has 0 aromatic carbocycles. The van der Waals surface area contributed by atoms with E-state index in [1.807, 2.05) is 19.2 Å². The second-order valence-electron chi connectivity index (χ2n) is 4.61. The van der Waals surface area contributed by atoms with Crippen LogP contribution in [0.3, 0.4) is 0 Å². The lowest BCUT2D eigenvalue weighted by molar-refractivity contribution is 0.345. The molecule has 94 valence electrons. The topological polar surface area (TPSA) is 63.8 Å². The second-order valence-corrected chi connectivity index (χ2v) is 4.61. The first-order valence-electron chi connectivity index (χ1n) is 6.29. The summed E-state index contributed by atoms with van der Waals surface area (Å²) in [5, 5.41) is 7.23. The summed E-state index contributed by atoms with van der Waals surface area (Å²) in [6.45, 7) is 2.42. The van der Waals surface area contributed by atoms with Gasteiger partial charge in [-0.25, -0.2) is 0 Å². The van der Waals surface area contributed by atoms with Gasteiger partial charge in [0.1, 0.15) is 0 Å². The lowest BCUT2D eigenvalue weighted by atomic mass is 9.92. The quantitative estimate of drug-likeness (QED) is 0.894. The number of nitrogens with one attached hydrogen (secondary N) is 1. The Labute approximate surface area is 106 Å². The second kappa shape index (κ2) is 4.86. The highest BCUT2D eigenvalue weighted by molar-refractivity contribution is 5.25. The van der Waals surface area contributed by atoms with E-state index in [1.165, 1.54) is 17.7 Å². The van der Waals surface area contributed by atoms with Gasteiger partial charge in [0.25, 0.3) is 0 Å². The van der Waals surface area contributed by atoms with Crippen molar-refractivity contribution in [2.45, 2.75) is 38.8 Å². The summed E-state index contributed by atoms with van der Waals surface area (Å²) in [7, 11) is 0. The van der Waals surface area contributed by atoms with E-state index in [0.29, 0.717) is 24.3 Å². The van der Waals surface area contributed by atoms with Gasteiger partial charge in [0, 0.05) is 6.20 Å². The Kier molecular flexibility index (Phi) is 3.06. The predicted molar refractivity (Wildman–Crippen MR) is 65.8 cm³/mol. The van der Waals surface area contributed by atoms with Crippen LogP contribution in [0.4, 0.5) is 0 Å². The number of aryl methyl sites for hydroxylation is 2. The SMILES string of the molecule is Cc1noc(CNC2CCCc3cccnc32)n1. The number of hydrogen-bond donors (Lipinski definition) is 1. The van der Waals surface area contributed by atoms with Gasteiger partial charge in [-0.15, -0.1) is 0 Å². The minimum atomic E-state index is 0.294. The summed E-state index contributed by atoms with van der Waals surface area (Å²) in [5.74, 6) is 1.31. The zero-order valence-electron chi connectivity index (χ0n) is 10.4. The molecule has 1 aliphatic rings. The molecule has 1 aliphatic carbocycles. The molecule has 0 aliphatic heterocycles. The van der Waals surface area contributed by atoms with E-state index < -0.39 is 0 Å². The summed E-state index contributed by atoms with van der Waals surface area (Å²) >= 11 is 0. The molecule has 3 rings (SSSR count). The van der Waals surface area contributed by atoms with Crippen molar-refractivity contribution in [1.82, 2.24) is 20.4 Å². The molecule has 0 fully saturated rings. The van der Waals surface area contributed by atoms with Gasteiger partial charge in [-0.2, -0.15) is 4.98 Å². The van der Waals surface area contributed by atoms with Crippen LogP contribution in [-0.2, 0) is 13.0 Å². The monoisotopic (exact) mass is 244 g/mol. The van der Waals surface area contributed by atoms with Crippen molar-refractivity contribution < 1.29 is 4.52 Å². The maximum atomic E-state index is 5.10. The Morgan fingerprint density at radius 3 is 3.28 bits per heavy atom. The molecule has 2 aromatic heterocycles. The molecule has 0 saturated carbocycles.